The summed E-state index contributed by atoms with van der Waals surface area (Å²) >= 11 is 0. The molecule has 9 nitrogen and oxygen atoms in total. The molecule has 0 fully saturated rings. The Bertz CT molecular complexity index is 1510. The predicted octanol–water partition coefficient (Wildman–Crippen LogP) is 5.62. The summed E-state index contributed by atoms with van der Waals surface area (Å²) in [6.07, 6.45) is 3.61. The first-order valence-electron chi connectivity index (χ1n) is 12.5. The van der Waals surface area contributed by atoms with Crippen molar-refractivity contribution in [2.75, 3.05) is 38.6 Å². The molecule has 1 aliphatic heterocycles. The highest BCUT2D eigenvalue weighted by atomic mass is 16.5. The number of fused-ring (bicyclic) bond motifs is 1. The number of nitrogens with one attached hydrogen (secondary N) is 2. The number of benzene rings is 3. The van der Waals surface area contributed by atoms with Gasteiger partial charge in [0.15, 0.2) is 11.5 Å². The van der Waals surface area contributed by atoms with Crippen LogP contribution in [0.4, 0.5) is 11.5 Å². The quantitative estimate of drug-likeness (QED) is 0.292. The molecule has 0 saturated heterocycles. The lowest BCUT2D eigenvalue weighted by atomic mass is 9.99. The smallest absolute Gasteiger partial charge is 0.261 e. The third-order valence-electron chi connectivity index (χ3n) is 6.44. The zero-order chi connectivity index (χ0) is 27.4. The molecule has 200 valence electrons. The summed E-state index contributed by atoms with van der Waals surface area (Å²) in [6, 6.07) is 20.3. The molecule has 9 heteroatoms. The van der Waals surface area contributed by atoms with Gasteiger partial charge in [-0.1, -0.05) is 24.3 Å². The van der Waals surface area contributed by atoms with Crippen molar-refractivity contribution in [1.82, 2.24) is 9.78 Å². The lowest BCUT2D eigenvalue weighted by molar-refractivity contribution is 0.102. The average Bonchev–Trinajstić information content (AvgIpc) is 3.41. The fraction of sp³-hybridized carbons (Fsp3) is 0.200. The number of ether oxygens (including phenoxy) is 4. The number of rotatable bonds is 9. The van der Waals surface area contributed by atoms with E-state index in [1.165, 1.54) is 0 Å². The molecule has 3 aromatic carbocycles. The van der Waals surface area contributed by atoms with Crippen molar-refractivity contribution in [3.05, 3.63) is 95.7 Å². The van der Waals surface area contributed by atoms with Crippen LogP contribution in [-0.2, 0) is 0 Å². The summed E-state index contributed by atoms with van der Waals surface area (Å²) in [7, 11) is 4.84. The monoisotopic (exact) mass is 526 g/mol. The van der Waals surface area contributed by atoms with E-state index in [0.717, 1.165) is 28.3 Å². The Balaban J connectivity index is 1.56. The third kappa shape index (κ3) is 5.11. The van der Waals surface area contributed by atoms with Crippen molar-refractivity contribution < 1.29 is 23.7 Å². The zero-order valence-electron chi connectivity index (χ0n) is 22.2. The van der Waals surface area contributed by atoms with Gasteiger partial charge in [0.1, 0.15) is 28.9 Å². The Labute approximate surface area is 227 Å². The first-order chi connectivity index (χ1) is 19.1. The SMILES string of the molecule is CCOc1ccc(NC(=O)c2cnn3c2NC(c2cccc(OC)c2)=C[C@@H]3c2cccc(OC)c2OC)cc1. The Hall–Kier alpha value is -4.92. The number of carbonyl (C=O) groups is 1. The van der Waals surface area contributed by atoms with Gasteiger partial charge in [0.2, 0.25) is 0 Å². The van der Waals surface area contributed by atoms with E-state index in [0.29, 0.717) is 35.2 Å². The largest absolute Gasteiger partial charge is 0.497 e. The maximum atomic E-state index is 13.4. The van der Waals surface area contributed by atoms with Crippen molar-refractivity contribution in [3.63, 3.8) is 0 Å². The van der Waals surface area contributed by atoms with Gasteiger partial charge in [-0.05, 0) is 55.5 Å². The average molecular weight is 527 g/mol. The van der Waals surface area contributed by atoms with Gasteiger partial charge in [-0.2, -0.15) is 5.10 Å². The number of para-hydroxylation sites is 1. The molecule has 0 saturated carbocycles. The summed E-state index contributed by atoms with van der Waals surface area (Å²) in [5.74, 6) is 2.91. The van der Waals surface area contributed by atoms with Crippen molar-refractivity contribution in [2.24, 2.45) is 0 Å². The highest BCUT2D eigenvalue weighted by Gasteiger charge is 2.30. The molecule has 5 rings (SSSR count). The maximum Gasteiger partial charge on any atom is 0.261 e. The van der Waals surface area contributed by atoms with Gasteiger partial charge in [-0.25, -0.2) is 4.68 Å². The lowest BCUT2D eigenvalue weighted by Gasteiger charge is -2.27. The number of allylic oxidation sites excluding steroid dienone is 1. The summed E-state index contributed by atoms with van der Waals surface area (Å²) < 4.78 is 24.0. The minimum absolute atomic E-state index is 0.295. The van der Waals surface area contributed by atoms with Crippen LogP contribution in [0.3, 0.4) is 0 Å². The minimum atomic E-state index is -0.389. The Morgan fingerprint density at radius 2 is 1.77 bits per heavy atom. The highest BCUT2D eigenvalue weighted by molar-refractivity contribution is 6.08. The summed E-state index contributed by atoms with van der Waals surface area (Å²) in [4.78, 5) is 13.4. The van der Waals surface area contributed by atoms with E-state index in [9.17, 15) is 4.79 Å². The summed E-state index contributed by atoms with van der Waals surface area (Å²) in [6.45, 7) is 2.50. The zero-order valence-corrected chi connectivity index (χ0v) is 22.2. The van der Waals surface area contributed by atoms with E-state index < -0.39 is 0 Å². The lowest BCUT2D eigenvalue weighted by Crippen LogP contribution is -2.22. The van der Waals surface area contributed by atoms with E-state index in [4.69, 9.17) is 18.9 Å². The molecule has 2 N–H and O–H groups in total. The van der Waals surface area contributed by atoms with E-state index in [1.807, 2.05) is 67.6 Å². The van der Waals surface area contributed by atoms with Crippen molar-refractivity contribution in [2.45, 2.75) is 13.0 Å². The molecule has 4 aromatic rings. The van der Waals surface area contributed by atoms with Gasteiger partial charge in [0, 0.05) is 22.5 Å². The molecule has 2 heterocycles. The Morgan fingerprint density at radius 3 is 2.49 bits per heavy atom. The number of carbonyl (C=O) groups excluding carboxylic acids is 1. The fourth-order valence-electron chi connectivity index (χ4n) is 4.59. The molecule has 0 unspecified atom stereocenters. The van der Waals surface area contributed by atoms with Crippen molar-refractivity contribution >= 4 is 23.1 Å². The number of amides is 1. The molecule has 0 aliphatic carbocycles. The van der Waals surface area contributed by atoms with Crippen molar-refractivity contribution in [3.8, 4) is 23.0 Å². The molecule has 0 spiro atoms. The second-order valence-corrected chi connectivity index (χ2v) is 8.73. The van der Waals surface area contributed by atoms with Gasteiger partial charge in [-0.15, -0.1) is 0 Å². The third-order valence-corrected chi connectivity index (χ3v) is 6.44. The Kier molecular flexibility index (Phi) is 7.40. The topological polar surface area (TPSA) is 95.9 Å². The molecule has 1 aromatic heterocycles. The molecule has 0 bridgehead atoms. The van der Waals surface area contributed by atoms with E-state index >= 15 is 0 Å². The summed E-state index contributed by atoms with van der Waals surface area (Å²) in [5.41, 5.74) is 3.57. The second kappa shape index (κ2) is 11.2. The van der Waals surface area contributed by atoms with Crippen LogP contribution >= 0.6 is 0 Å². The number of nitrogens with zero attached hydrogens (tertiary/aromatic N) is 2. The molecule has 1 amide bonds. The van der Waals surface area contributed by atoms with Gasteiger partial charge in [-0.3, -0.25) is 4.79 Å². The number of hydrogen-bond acceptors (Lipinski definition) is 7. The number of hydrogen-bond donors (Lipinski definition) is 2. The standard InChI is InChI=1S/C30H30N4O5/c1-5-39-21-14-12-20(13-15-21)32-30(35)24-18-31-34-26(23-10-7-11-27(37-3)28(23)38-4)17-25(33-29(24)34)19-8-6-9-22(16-19)36-2/h6-18,26,33H,5H2,1-4H3,(H,32,35)/t26-/m1/s1. The first-order valence-corrected chi connectivity index (χ1v) is 12.5. The van der Waals surface area contributed by atoms with Crippen LogP contribution in [0.25, 0.3) is 5.70 Å². The predicted molar refractivity (Wildman–Crippen MR) is 150 cm³/mol. The van der Waals surface area contributed by atoms with Crippen LogP contribution < -0.4 is 29.6 Å². The molecule has 1 aliphatic rings. The summed E-state index contributed by atoms with van der Waals surface area (Å²) in [5, 5.41) is 11.0. The van der Waals surface area contributed by atoms with Crippen LogP contribution in [0, 0.1) is 0 Å². The maximum absolute atomic E-state index is 13.4. The molecular formula is C30H30N4O5. The van der Waals surface area contributed by atoms with Crippen LogP contribution in [0.15, 0.2) is 79.0 Å². The van der Waals surface area contributed by atoms with Crippen LogP contribution in [0.1, 0.15) is 34.5 Å². The number of anilines is 2. The van der Waals surface area contributed by atoms with Gasteiger partial charge >= 0.3 is 0 Å². The molecule has 39 heavy (non-hydrogen) atoms. The number of aromatic nitrogens is 2. The van der Waals surface area contributed by atoms with Gasteiger partial charge in [0.25, 0.3) is 5.91 Å². The minimum Gasteiger partial charge on any atom is -0.497 e. The molecular weight excluding hydrogens is 496 g/mol. The van der Waals surface area contributed by atoms with Gasteiger partial charge in [0.05, 0.1) is 34.1 Å². The molecule has 0 radical (unpaired) electrons. The van der Waals surface area contributed by atoms with Gasteiger partial charge < -0.3 is 29.6 Å². The second-order valence-electron chi connectivity index (χ2n) is 8.73. The normalized spacial score (nSPS) is 13.9. The molecule has 1 atom stereocenters. The van der Waals surface area contributed by atoms with Crippen LogP contribution in [0.2, 0.25) is 0 Å². The Morgan fingerprint density at radius 1 is 0.974 bits per heavy atom. The van der Waals surface area contributed by atoms with E-state index in [-0.39, 0.29) is 11.9 Å². The van der Waals surface area contributed by atoms with Crippen LogP contribution in [-0.4, -0.2) is 43.6 Å². The van der Waals surface area contributed by atoms with E-state index in [2.05, 4.69) is 15.7 Å². The van der Waals surface area contributed by atoms with Crippen molar-refractivity contribution in [1.29, 1.82) is 0 Å². The first kappa shape index (κ1) is 25.7. The van der Waals surface area contributed by atoms with E-state index in [1.54, 1.807) is 44.3 Å². The highest BCUT2D eigenvalue weighted by Crippen LogP contribution is 2.42. The van der Waals surface area contributed by atoms with Crippen LogP contribution in [0.5, 0.6) is 23.0 Å². The fourth-order valence-corrected chi connectivity index (χ4v) is 4.59. The number of methoxy groups -OCH3 is 3.